The number of hydrogen-bond acceptors (Lipinski definition) is 2. The molecule has 3 heteroatoms. The average molecular weight is 344 g/mol. The van der Waals surface area contributed by atoms with Crippen LogP contribution in [0.1, 0.15) is 39.0 Å². The summed E-state index contributed by atoms with van der Waals surface area (Å²) in [7, 11) is 0. The summed E-state index contributed by atoms with van der Waals surface area (Å²) in [6.07, 6.45) is 6.91. The fourth-order valence-corrected chi connectivity index (χ4v) is 3.18. The van der Waals surface area contributed by atoms with Gasteiger partial charge in [-0.25, -0.2) is 0 Å². The van der Waals surface area contributed by atoms with Crippen molar-refractivity contribution < 1.29 is 0 Å². The zero-order chi connectivity index (χ0) is 12.3. The molecule has 1 aliphatic carbocycles. The van der Waals surface area contributed by atoms with E-state index in [0.29, 0.717) is 6.04 Å². The van der Waals surface area contributed by atoms with Crippen LogP contribution < -0.4 is 11.1 Å². The van der Waals surface area contributed by atoms with E-state index in [9.17, 15) is 0 Å². The molecule has 1 aliphatic rings. The first kappa shape index (κ1) is 13.0. The smallest absolute Gasteiger partial charge is 0.0576 e. The van der Waals surface area contributed by atoms with Gasteiger partial charge in [0, 0.05) is 9.61 Å². The lowest BCUT2D eigenvalue weighted by Gasteiger charge is -2.29. The van der Waals surface area contributed by atoms with Crippen molar-refractivity contribution in [1.82, 2.24) is 0 Å². The lowest BCUT2D eigenvalue weighted by Crippen LogP contribution is -2.28. The molecule has 0 saturated heterocycles. The summed E-state index contributed by atoms with van der Waals surface area (Å²) < 4.78 is 1.19. The Labute approximate surface area is 117 Å². The van der Waals surface area contributed by atoms with Gasteiger partial charge >= 0.3 is 0 Å². The van der Waals surface area contributed by atoms with E-state index in [-0.39, 0.29) is 0 Å². The van der Waals surface area contributed by atoms with Crippen molar-refractivity contribution in [2.45, 2.75) is 45.1 Å². The molecular formula is C14H21IN2. The van der Waals surface area contributed by atoms with E-state index in [1.807, 2.05) is 6.07 Å². The van der Waals surface area contributed by atoms with Gasteiger partial charge in [-0.15, -0.1) is 0 Å². The van der Waals surface area contributed by atoms with E-state index in [0.717, 1.165) is 17.3 Å². The quantitative estimate of drug-likeness (QED) is 0.635. The van der Waals surface area contributed by atoms with Crippen LogP contribution in [-0.2, 0) is 0 Å². The van der Waals surface area contributed by atoms with Crippen LogP contribution in [0.3, 0.4) is 0 Å². The molecule has 2 nitrogen and oxygen atoms in total. The van der Waals surface area contributed by atoms with E-state index in [4.69, 9.17) is 5.73 Å². The van der Waals surface area contributed by atoms with Gasteiger partial charge in [-0.1, -0.05) is 19.3 Å². The highest BCUT2D eigenvalue weighted by molar-refractivity contribution is 14.1. The summed E-state index contributed by atoms with van der Waals surface area (Å²) in [4.78, 5) is 0. The van der Waals surface area contributed by atoms with Gasteiger partial charge in [0.2, 0.25) is 0 Å². The third kappa shape index (κ3) is 3.50. The van der Waals surface area contributed by atoms with Crippen LogP contribution in [0.25, 0.3) is 0 Å². The fraction of sp³-hybridized carbons (Fsp3) is 0.571. The second-order valence-corrected chi connectivity index (χ2v) is 6.31. The van der Waals surface area contributed by atoms with E-state index < -0.39 is 0 Å². The molecule has 0 bridgehead atoms. The van der Waals surface area contributed by atoms with Gasteiger partial charge < -0.3 is 11.1 Å². The van der Waals surface area contributed by atoms with Crippen LogP contribution >= 0.6 is 22.6 Å². The van der Waals surface area contributed by atoms with Crippen molar-refractivity contribution in [3.05, 3.63) is 21.8 Å². The highest BCUT2D eigenvalue weighted by Crippen LogP contribution is 2.29. The van der Waals surface area contributed by atoms with Gasteiger partial charge in [-0.05, 0) is 66.5 Å². The van der Waals surface area contributed by atoms with Gasteiger partial charge in [0.1, 0.15) is 0 Å². The van der Waals surface area contributed by atoms with Crippen LogP contribution in [0.5, 0.6) is 0 Å². The first-order valence-corrected chi connectivity index (χ1v) is 7.56. The number of nitrogen functional groups attached to an aromatic ring is 1. The van der Waals surface area contributed by atoms with E-state index in [1.54, 1.807) is 0 Å². The Morgan fingerprint density at radius 3 is 2.65 bits per heavy atom. The maximum atomic E-state index is 6.03. The molecule has 94 valence electrons. The van der Waals surface area contributed by atoms with Crippen LogP contribution in [0.15, 0.2) is 18.2 Å². The zero-order valence-electron chi connectivity index (χ0n) is 10.4. The largest absolute Gasteiger partial charge is 0.397 e. The molecule has 0 radical (unpaired) electrons. The minimum atomic E-state index is 0.526. The highest BCUT2D eigenvalue weighted by atomic mass is 127. The molecule has 1 saturated carbocycles. The van der Waals surface area contributed by atoms with Crippen molar-refractivity contribution >= 4 is 34.0 Å². The normalized spacial score (nSPS) is 18.9. The minimum absolute atomic E-state index is 0.526. The summed E-state index contributed by atoms with van der Waals surface area (Å²) in [6.45, 7) is 2.29. The van der Waals surface area contributed by atoms with Crippen LogP contribution in [-0.4, -0.2) is 6.04 Å². The Morgan fingerprint density at radius 2 is 2.00 bits per heavy atom. The third-order valence-electron chi connectivity index (χ3n) is 3.75. The highest BCUT2D eigenvalue weighted by Gasteiger charge is 2.20. The Hall–Kier alpha value is -0.450. The molecule has 0 heterocycles. The Kier molecular flexibility index (Phi) is 4.54. The molecule has 1 atom stereocenters. The van der Waals surface area contributed by atoms with Crippen LogP contribution in [0, 0.1) is 9.49 Å². The molecule has 17 heavy (non-hydrogen) atoms. The van der Waals surface area contributed by atoms with Crippen LogP contribution in [0.2, 0.25) is 0 Å². The summed E-state index contributed by atoms with van der Waals surface area (Å²) in [5, 5.41) is 3.58. The van der Waals surface area contributed by atoms with E-state index >= 15 is 0 Å². The van der Waals surface area contributed by atoms with Gasteiger partial charge in [-0.3, -0.25) is 0 Å². The molecule has 2 rings (SSSR count). The molecule has 1 aromatic carbocycles. The summed E-state index contributed by atoms with van der Waals surface area (Å²) in [6, 6.07) is 6.75. The molecule has 0 aromatic heterocycles. The molecule has 0 aliphatic heterocycles. The molecule has 0 amide bonds. The first-order chi connectivity index (χ1) is 8.16. The molecule has 3 N–H and O–H groups in total. The standard InChI is InChI=1S/C14H21IN2/c1-10(11-5-3-2-4-6-11)17-14-8-7-12(15)9-13(14)16/h7-11,17H,2-6,16H2,1H3. The predicted molar refractivity (Wildman–Crippen MR) is 83.2 cm³/mol. The zero-order valence-corrected chi connectivity index (χ0v) is 12.5. The molecule has 1 fully saturated rings. The minimum Gasteiger partial charge on any atom is -0.397 e. The number of anilines is 2. The monoisotopic (exact) mass is 344 g/mol. The second-order valence-electron chi connectivity index (χ2n) is 5.06. The van der Waals surface area contributed by atoms with E-state index in [2.05, 4.69) is 47.0 Å². The van der Waals surface area contributed by atoms with Crippen molar-refractivity contribution in [1.29, 1.82) is 0 Å². The number of nitrogens with one attached hydrogen (secondary N) is 1. The van der Waals surface area contributed by atoms with Gasteiger partial charge in [-0.2, -0.15) is 0 Å². The van der Waals surface area contributed by atoms with Crippen molar-refractivity contribution in [3.8, 4) is 0 Å². The number of benzene rings is 1. The topological polar surface area (TPSA) is 38.0 Å². The summed E-state index contributed by atoms with van der Waals surface area (Å²) >= 11 is 2.29. The third-order valence-corrected chi connectivity index (χ3v) is 4.42. The van der Waals surface area contributed by atoms with Gasteiger partial charge in [0.25, 0.3) is 0 Å². The number of nitrogens with two attached hydrogens (primary N) is 1. The van der Waals surface area contributed by atoms with Crippen molar-refractivity contribution in [2.75, 3.05) is 11.1 Å². The Bertz CT molecular complexity index is 372. The average Bonchev–Trinajstić information content (AvgIpc) is 2.34. The number of rotatable bonds is 3. The van der Waals surface area contributed by atoms with Gasteiger partial charge in [0.05, 0.1) is 11.4 Å². The number of hydrogen-bond donors (Lipinski definition) is 2. The first-order valence-electron chi connectivity index (χ1n) is 6.48. The second kappa shape index (κ2) is 5.94. The molecule has 0 spiro atoms. The van der Waals surface area contributed by atoms with Crippen molar-refractivity contribution in [3.63, 3.8) is 0 Å². The SMILES string of the molecule is CC(Nc1ccc(I)cc1N)C1CCCCC1. The van der Waals surface area contributed by atoms with Crippen LogP contribution in [0.4, 0.5) is 11.4 Å². The fourth-order valence-electron chi connectivity index (χ4n) is 2.66. The van der Waals surface area contributed by atoms with E-state index in [1.165, 1.54) is 35.7 Å². The molecule has 1 aromatic rings. The Morgan fingerprint density at radius 1 is 1.29 bits per heavy atom. The molecular weight excluding hydrogens is 323 g/mol. The maximum Gasteiger partial charge on any atom is 0.0576 e. The Balaban J connectivity index is 1.99. The summed E-state index contributed by atoms with van der Waals surface area (Å²) in [5.74, 6) is 0.808. The number of halogens is 1. The lowest BCUT2D eigenvalue weighted by atomic mass is 9.84. The lowest BCUT2D eigenvalue weighted by molar-refractivity contribution is 0.328. The van der Waals surface area contributed by atoms with Gasteiger partial charge in [0.15, 0.2) is 0 Å². The molecule has 1 unspecified atom stereocenters. The maximum absolute atomic E-state index is 6.03. The van der Waals surface area contributed by atoms with Crippen molar-refractivity contribution in [2.24, 2.45) is 5.92 Å². The predicted octanol–water partition coefficient (Wildman–Crippen LogP) is 4.25. The summed E-state index contributed by atoms with van der Waals surface area (Å²) in [5.41, 5.74) is 7.98.